The summed E-state index contributed by atoms with van der Waals surface area (Å²) in [6.45, 7) is 3.44. The lowest BCUT2D eigenvalue weighted by Gasteiger charge is -2.35. The quantitative estimate of drug-likeness (QED) is 0.809. The van der Waals surface area contributed by atoms with Crippen LogP contribution in [-0.2, 0) is 10.0 Å². The van der Waals surface area contributed by atoms with Crippen LogP contribution in [0.3, 0.4) is 0 Å². The van der Waals surface area contributed by atoms with Crippen LogP contribution >= 0.6 is 0 Å². The average molecular weight is 420 g/mol. The number of benzene rings is 2. The second-order valence-corrected chi connectivity index (χ2v) is 9.23. The number of hydrogen-bond donors (Lipinski definition) is 1. The van der Waals surface area contributed by atoms with Crippen LogP contribution in [0.4, 0.5) is 10.1 Å². The number of sulfonamides is 1. The molecule has 1 N–H and O–H groups in total. The van der Waals surface area contributed by atoms with E-state index in [0.29, 0.717) is 11.1 Å². The van der Waals surface area contributed by atoms with E-state index in [1.165, 1.54) is 18.2 Å². The van der Waals surface area contributed by atoms with E-state index in [-0.39, 0.29) is 22.5 Å². The van der Waals surface area contributed by atoms with Gasteiger partial charge in [0.05, 0.1) is 4.90 Å². The molecule has 1 aliphatic heterocycles. The zero-order valence-electron chi connectivity index (χ0n) is 16.9. The number of rotatable bonds is 5. The highest BCUT2D eigenvalue weighted by Crippen LogP contribution is 2.21. The summed E-state index contributed by atoms with van der Waals surface area (Å²) in [7, 11) is -0.117. The van der Waals surface area contributed by atoms with Crippen LogP contribution in [0.15, 0.2) is 47.4 Å². The molecule has 0 atom stereocenters. The van der Waals surface area contributed by atoms with Crippen LogP contribution in [0.1, 0.15) is 28.8 Å². The Morgan fingerprint density at radius 1 is 1.17 bits per heavy atom. The van der Waals surface area contributed by atoms with E-state index in [2.05, 4.69) is 16.7 Å². The molecule has 1 saturated heterocycles. The SMILES string of the molecule is Cc1ccc(S(=O)(=O)Nc2cccc(C(=O)N(C)C3CCN(C)CC3)c2)cc1F. The maximum atomic E-state index is 13.8. The number of anilines is 1. The normalized spacial score (nSPS) is 15.9. The number of nitrogens with one attached hydrogen (secondary N) is 1. The van der Waals surface area contributed by atoms with E-state index >= 15 is 0 Å². The minimum Gasteiger partial charge on any atom is -0.339 e. The van der Waals surface area contributed by atoms with Gasteiger partial charge >= 0.3 is 0 Å². The highest BCUT2D eigenvalue weighted by atomic mass is 32.2. The first-order valence-corrected chi connectivity index (χ1v) is 11.0. The van der Waals surface area contributed by atoms with Crippen molar-refractivity contribution >= 4 is 21.6 Å². The first kappa shape index (κ1) is 21.3. The van der Waals surface area contributed by atoms with Gasteiger partial charge in [0.25, 0.3) is 15.9 Å². The van der Waals surface area contributed by atoms with Crippen molar-refractivity contribution in [3.63, 3.8) is 0 Å². The van der Waals surface area contributed by atoms with Gasteiger partial charge in [-0.25, -0.2) is 12.8 Å². The Hall–Kier alpha value is -2.45. The van der Waals surface area contributed by atoms with Gasteiger partial charge in [-0.05, 0) is 75.8 Å². The van der Waals surface area contributed by atoms with Gasteiger partial charge in [-0.15, -0.1) is 0 Å². The summed E-state index contributed by atoms with van der Waals surface area (Å²) in [5.74, 6) is -0.737. The third kappa shape index (κ3) is 4.94. The molecule has 1 heterocycles. The number of piperidine rings is 1. The van der Waals surface area contributed by atoms with Crippen LogP contribution in [0.2, 0.25) is 0 Å². The molecule has 6 nitrogen and oxygen atoms in total. The zero-order chi connectivity index (χ0) is 21.2. The van der Waals surface area contributed by atoms with E-state index in [4.69, 9.17) is 0 Å². The topological polar surface area (TPSA) is 69.7 Å². The molecule has 0 aliphatic carbocycles. The largest absolute Gasteiger partial charge is 0.339 e. The molecule has 1 amide bonds. The smallest absolute Gasteiger partial charge is 0.261 e. The first-order chi connectivity index (χ1) is 13.7. The van der Waals surface area contributed by atoms with E-state index < -0.39 is 15.8 Å². The van der Waals surface area contributed by atoms with Crippen molar-refractivity contribution in [1.82, 2.24) is 9.80 Å². The molecular formula is C21H26FN3O3S. The van der Waals surface area contributed by atoms with Crippen LogP contribution in [0.25, 0.3) is 0 Å². The molecule has 0 saturated carbocycles. The minimum atomic E-state index is -3.96. The molecule has 8 heteroatoms. The summed E-state index contributed by atoms with van der Waals surface area (Å²) in [5.41, 5.74) is 1.03. The molecule has 1 fully saturated rings. The fourth-order valence-corrected chi connectivity index (χ4v) is 4.48. The molecule has 3 rings (SSSR count). The molecule has 1 aliphatic rings. The van der Waals surface area contributed by atoms with Crippen LogP contribution in [0.5, 0.6) is 0 Å². The summed E-state index contributed by atoms with van der Waals surface area (Å²) in [5, 5.41) is 0. The Balaban J connectivity index is 1.76. The zero-order valence-corrected chi connectivity index (χ0v) is 17.7. The van der Waals surface area contributed by atoms with Crippen molar-refractivity contribution in [3.05, 3.63) is 59.4 Å². The Bertz CT molecular complexity index is 1000. The van der Waals surface area contributed by atoms with Crippen molar-refractivity contribution in [3.8, 4) is 0 Å². The number of amides is 1. The third-order valence-electron chi connectivity index (χ3n) is 5.37. The second kappa shape index (κ2) is 8.51. The molecule has 0 unspecified atom stereocenters. The number of nitrogens with zero attached hydrogens (tertiary/aromatic N) is 2. The van der Waals surface area contributed by atoms with Gasteiger partial charge < -0.3 is 9.80 Å². The molecule has 2 aromatic carbocycles. The molecule has 0 bridgehead atoms. The van der Waals surface area contributed by atoms with E-state index in [0.717, 1.165) is 32.0 Å². The molecule has 29 heavy (non-hydrogen) atoms. The molecule has 0 radical (unpaired) electrons. The molecule has 0 spiro atoms. The second-order valence-electron chi connectivity index (χ2n) is 7.55. The summed E-state index contributed by atoms with van der Waals surface area (Å²) in [4.78, 5) is 16.7. The third-order valence-corrected chi connectivity index (χ3v) is 6.75. The fourth-order valence-electron chi connectivity index (χ4n) is 3.42. The lowest BCUT2D eigenvalue weighted by molar-refractivity contribution is 0.0659. The van der Waals surface area contributed by atoms with Crippen molar-refractivity contribution in [2.24, 2.45) is 0 Å². The summed E-state index contributed by atoms with van der Waals surface area (Å²) in [6, 6.07) is 10.3. The van der Waals surface area contributed by atoms with Gasteiger partial charge in [0.15, 0.2) is 0 Å². The maximum Gasteiger partial charge on any atom is 0.261 e. The van der Waals surface area contributed by atoms with Gasteiger partial charge in [-0.2, -0.15) is 0 Å². The van der Waals surface area contributed by atoms with Gasteiger partial charge in [-0.1, -0.05) is 12.1 Å². The number of likely N-dealkylation sites (tertiary alicyclic amines) is 1. The Kier molecular flexibility index (Phi) is 6.24. The Labute approximate surface area is 171 Å². The lowest BCUT2D eigenvalue weighted by Crippen LogP contribution is -2.44. The number of carbonyl (C=O) groups excluding carboxylic acids is 1. The van der Waals surface area contributed by atoms with E-state index in [9.17, 15) is 17.6 Å². The monoisotopic (exact) mass is 419 g/mol. The lowest BCUT2D eigenvalue weighted by atomic mass is 10.0. The van der Waals surface area contributed by atoms with Crippen molar-refractivity contribution in [2.45, 2.75) is 30.7 Å². The highest BCUT2D eigenvalue weighted by Gasteiger charge is 2.25. The summed E-state index contributed by atoms with van der Waals surface area (Å²) >= 11 is 0. The summed E-state index contributed by atoms with van der Waals surface area (Å²) in [6.07, 6.45) is 1.81. The Morgan fingerprint density at radius 3 is 2.52 bits per heavy atom. The number of aryl methyl sites for hydroxylation is 1. The predicted octanol–water partition coefficient (Wildman–Crippen LogP) is 3.10. The van der Waals surface area contributed by atoms with Gasteiger partial charge in [0, 0.05) is 24.3 Å². The van der Waals surface area contributed by atoms with Crippen LogP contribution < -0.4 is 4.72 Å². The predicted molar refractivity (Wildman–Crippen MR) is 111 cm³/mol. The summed E-state index contributed by atoms with van der Waals surface area (Å²) < 4.78 is 41.4. The van der Waals surface area contributed by atoms with Crippen molar-refractivity contribution in [1.29, 1.82) is 0 Å². The number of hydrogen-bond acceptors (Lipinski definition) is 4. The van der Waals surface area contributed by atoms with Crippen LogP contribution in [0, 0.1) is 12.7 Å². The maximum absolute atomic E-state index is 13.8. The highest BCUT2D eigenvalue weighted by molar-refractivity contribution is 7.92. The number of halogens is 1. The standard InChI is InChI=1S/C21H26FN3O3S/c1-15-7-8-19(14-20(15)22)29(27,28)23-17-6-4-5-16(13-17)21(26)25(3)18-9-11-24(2)12-10-18/h4-8,13-14,18,23H,9-12H2,1-3H3. The Morgan fingerprint density at radius 2 is 1.86 bits per heavy atom. The van der Waals surface area contributed by atoms with Crippen LogP contribution in [-0.4, -0.2) is 57.4 Å². The van der Waals surface area contributed by atoms with Gasteiger partial charge in [0.1, 0.15) is 5.82 Å². The molecule has 2 aromatic rings. The molecular weight excluding hydrogens is 393 g/mol. The minimum absolute atomic E-state index is 0.151. The van der Waals surface area contributed by atoms with Crippen molar-refractivity contribution in [2.75, 3.05) is 31.9 Å². The fraction of sp³-hybridized carbons (Fsp3) is 0.381. The number of carbonyl (C=O) groups is 1. The van der Waals surface area contributed by atoms with E-state index in [1.54, 1.807) is 37.1 Å². The van der Waals surface area contributed by atoms with Gasteiger partial charge in [0.2, 0.25) is 0 Å². The van der Waals surface area contributed by atoms with E-state index in [1.807, 2.05) is 0 Å². The molecule has 156 valence electrons. The molecule has 0 aromatic heterocycles. The average Bonchev–Trinajstić information content (AvgIpc) is 2.69. The first-order valence-electron chi connectivity index (χ1n) is 9.52. The van der Waals surface area contributed by atoms with Gasteiger partial charge in [-0.3, -0.25) is 9.52 Å². The van der Waals surface area contributed by atoms with Crippen molar-refractivity contribution < 1.29 is 17.6 Å².